The van der Waals surface area contributed by atoms with Crippen molar-refractivity contribution < 1.29 is 27.6 Å². The van der Waals surface area contributed by atoms with Crippen LogP contribution in [0.2, 0.25) is 0 Å². The van der Waals surface area contributed by atoms with Gasteiger partial charge in [0.05, 0.1) is 11.6 Å². The molecule has 3 amide bonds. The van der Waals surface area contributed by atoms with E-state index < -0.39 is 29.2 Å². The highest BCUT2D eigenvalue weighted by molar-refractivity contribution is 5.91. The standard InChI is InChI=1S/C22H28F3N3O3/c1-21(2,3)20(31)28-10-6-9-17(28)19(30)26-15-11-18(29)27(13-15)12-14-7-4-5-8-16(14)22(23,24)25/h4-5,7-8,15,17H,6,9-13H2,1-3H3,(H,26,30)/t15-,17-/m1/s1. The van der Waals surface area contributed by atoms with Gasteiger partial charge in [0.1, 0.15) is 6.04 Å². The summed E-state index contributed by atoms with van der Waals surface area (Å²) in [6.45, 7) is 5.88. The molecule has 6 nitrogen and oxygen atoms in total. The summed E-state index contributed by atoms with van der Waals surface area (Å²) >= 11 is 0. The molecule has 2 heterocycles. The molecule has 2 fully saturated rings. The fourth-order valence-electron chi connectivity index (χ4n) is 4.17. The zero-order valence-electron chi connectivity index (χ0n) is 18.0. The van der Waals surface area contributed by atoms with E-state index in [9.17, 15) is 27.6 Å². The van der Waals surface area contributed by atoms with Gasteiger partial charge in [0, 0.05) is 31.5 Å². The van der Waals surface area contributed by atoms with Crippen LogP contribution in [-0.4, -0.2) is 52.7 Å². The van der Waals surface area contributed by atoms with Gasteiger partial charge in [0.15, 0.2) is 0 Å². The van der Waals surface area contributed by atoms with Crippen LogP contribution in [-0.2, 0) is 27.1 Å². The highest BCUT2D eigenvalue weighted by Crippen LogP contribution is 2.33. The molecule has 0 bridgehead atoms. The number of nitrogens with one attached hydrogen (secondary N) is 1. The molecule has 0 radical (unpaired) electrons. The molecule has 2 aliphatic heterocycles. The Kier molecular flexibility index (Phi) is 6.34. The molecule has 170 valence electrons. The predicted molar refractivity (Wildman–Crippen MR) is 108 cm³/mol. The van der Waals surface area contributed by atoms with Crippen molar-refractivity contribution in [2.24, 2.45) is 5.41 Å². The summed E-state index contributed by atoms with van der Waals surface area (Å²) in [6, 6.07) is 4.10. The Morgan fingerprint density at radius 2 is 1.84 bits per heavy atom. The molecule has 1 N–H and O–H groups in total. The molecule has 0 saturated carbocycles. The quantitative estimate of drug-likeness (QED) is 0.784. The van der Waals surface area contributed by atoms with Gasteiger partial charge in [-0.05, 0) is 24.5 Å². The third-order valence-electron chi connectivity index (χ3n) is 5.70. The van der Waals surface area contributed by atoms with Crippen molar-refractivity contribution in [2.75, 3.05) is 13.1 Å². The van der Waals surface area contributed by atoms with Crippen LogP contribution in [0.5, 0.6) is 0 Å². The molecule has 9 heteroatoms. The maximum Gasteiger partial charge on any atom is 0.416 e. The molecular weight excluding hydrogens is 411 g/mol. The molecule has 2 saturated heterocycles. The van der Waals surface area contributed by atoms with Crippen molar-refractivity contribution in [1.29, 1.82) is 0 Å². The lowest BCUT2D eigenvalue weighted by molar-refractivity contribution is -0.144. The van der Waals surface area contributed by atoms with Crippen LogP contribution in [0, 0.1) is 5.41 Å². The molecule has 3 rings (SSSR count). The number of alkyl halides is 3. The predicted octanol–water partition coefficient (Wildman–Crippen LogP) is 2.96. The van der Waals surface area contributed by atoms with Gasteiger partial charge in [-0.1, -0.05) is 39.0 Å². The van der Waals surface area contributed by atoms with Crippen molar-refractivity contribution in [3.8, 4) is 0 Å². The summed E-state index contributed by atoms with van der Waals surface area (Å²) in [5.41, 5.74) is -1.35. The van der Waals surface area contributed by atoms with Crippen LogP contribution in [0.4, 0.5) is 13.2 Å². The van der Waals surface area contributed by atoms with Crippen molar-refractivity contribution in [1.82, 2.24) is 15.1 Å². The minimum atomic E-state index is -4.50. The van der Waals surface area contributed by atoms with Crippen molar-refractivity contribution >= 4 is 17.7 Å². The molecule has 1 aromatic rings. The van der Waals surface area contributed by atoms with Crippen molar-refractivity contribution in [2.45, 2.75) is 64.8 Å². The Labute approximate surface area is 179 Å². The number of carbonyl (C=O) groups is 3. The fourth-order valence-corrected chi connectivity index (χ4v) is 4.17. The molecular formula is C22H28F3N3O3. The molecule has 31 heavy (non-hydrogen) atoms. The Morgan fingerprint density at radius 3 is 2.48 bits per heavy atom. The smallest absolute Gasteiger partial charge is 0.349 e. The van der Waals surface area contributed by atoms with Gasteiger partial charge >= 0.3 is 6.18 Å². The van der Waals surface area contributed by atoms with E-state index in [1.807, 2.05) is 0 Å². The minimum Gasteiger partial charge on any atom is -0.349 e. The normalized spacial score (nSPS) is 22.2. The van der Waals surface area contributed by atoms with Crippen LogP contribution in [0.1, 0.15) is 51.2 Å². The molecule has 1 aromatic carbocycles. The molecule has 0 aromatic heterocycles. The number of likely N-dealkylation sites (tertiary alicyclic amines) is 2. The maximum atomic E-state index is 13.2. The first kappa shape index (κ1) is 23.1. The molecule has 2 aliphatic rings. The lowest BCUT2D eigenvalue weighted by Crippen LogP contribution is -2.51. The fraction of sp³-hybridized carbons (Fsp3) is 0.591. The monoisotopic (exact) mass is 439 g/mol. The summed E-state index contributed by atoms with van der Waals surface area (Å²) in [6.07, 6.45) is -3.20. The molecule has 2 atom stereocenters. The third-order valence-corrected chi connectivity index (χ3v) is 5.70. The highest BCUT2D eigenvalue weighted by Gasteiger charge is 2.41. The third kappa shape index (κ3) is 5.19. The number of benzene rings is 1. The van der Waals surface area contributed by atoms with Gasteiger partial charge < -0.3 is 15.1 Å². The van der Waals surface area contributed by atoms with Crippen molar-refractivity contribution in [3.05, 3.63) is 35.4 Å². The lowest BCUT2D eigenvalue weighted by atomic mass is 9.94. The number of rotatable bonds is 4. The van der Waals surface area contributed by atoms with Gasteiger partial charge in [0.25, 0.3) is 0 Å². The average Bonchev–Trinajstić information content (AvgIpc) is 3.27. The van der Waals surface area contributed by atoms with Crippen LogP contribution >= 0.6 is 0 Å². The highest BCUT2D eigenvalue weighted by atomic mass is 19.4. The number of halogens is 3. The van der Waals surface area contributed by atoms with Gasteiger partial charge in [0.2, 0.25) is 17.7 Å². The first-order valence-corrected chi connectivity index (χ1v) is 10.4. The number of nitrogens with zero attached hydrogens (tertiary/aromatic N) is 2. The average molecular weight is 439 g/mol. The largest absolute Gasteiger partial charge is 0.416 e. The van der Waals surface area contributed by atoms with E-state index >= 15 is 0 Å². The Balaban J connectivity index is 1.64. The van der Waals surface area contributed by atoms with Crippen LogP contribution < -0.4 is 5.32 Å². The van der Waals surface area contributed by atoms with E-state index in [-0.39, 0.29) is 42.8 Å². The van der Waals surface area contributed by atoms with E-state index in [0.29, 0.717) is 13.0 Å². The van der Waals surface area contributed by atoms with Crippen LogP contribution in [0.25, 0.3) is 0 Å². The SMILES string of the molecule is CC(C)(C)C(=O)N1CCC[C@@H]1C(=O)N[C@@H]1CC(=O)N(Cc2ccccc2C(F)(F)F)C1. The Morgan fingerprint density at radius 1 is 1.16 bits per heavy atom. The summed E-state index contributed by atoms with van der Waals surface area (Å²) in [4.78, 5) is 40.8. The zero-order valence-corrected chi connectivity index (χ0v) is 18.0. The Bertz CT molecular complexity index is 864. The Hall–Kier alpha value is -2.58. The van der Waals surface area contributed by atoms with Gasteiger partial charge in [-0.3, -0.25) is 14.4 Å². The number of hydrogen-bond donors (Lipinski definition) is 1. The van der Waals surface area contributed by atoms with Crippen LogP contribution in [0.3, 0.4) is 0 Å². The van der Waals surface area contributed by atoms with E-state index in [2.05, 4.69) is 5.32 Å². The second-order valence-corrected chi connectivity index (χ2v) is 9.25. The van der Waals surface area contributed by atoms with Crippen molar-refractivity contribution in [3.63, 3.8) is 0 Å². The summed E-state index contributed by atoms with van der Waals surface area (Å²) < 4.78 is 39.7. The number of carbonyl (C=O) groups excluding carboxylic acids is 3. The number of hydrogen-bond acceptors (Lipinski definition) is 3. The summed E-state index contributed by atoms with van der Waals surface area (Å²) in [5.74, 6) is -0.722. The van der Waals surface area contributed by atoms with E-state index in [1.165, 1.54) is 23.1 Å². The van der Waals surface area contributed by atoms with E-state index in [4.69, 9.17) is 0 Å². The molecule has 0 unspecified atom stereocenters. The molecule has 0 aliphatic carbocycles. The van der Waals surface area contributed by atoms with Crippen LogP contribution in [0.15, 0.2) is 24.3 Å². The van der Waals surface area contributed by atoms with E-state index in [1.54, 1.807) is 25.7 Å². The van der Waals surface area contributed by atoms with Gasteiger partial charge in [-0.15, -0.1) is 0 Å². The lowest BCUT2D eigenvalue weighted by Gasteiger charge is -2.30. The molecule has 0 spiro atoms. The minimum absolute atomic E-state index is 0.0214. The number of amides is 3. The van der Waals surface area contributed by atoms with E-state index in [0.717, 1.165) is 12.5 Å². The second-order valence-electron chi connectivity index (χ2n) is 9.25. The summed E-state index contributed by atoms with van der Waals surface area (Å²) in [7, 11) is 0. The second kappa shape index (κ2) is 8.51. The van der Waals surface area contributed by atoms with Gasteiger partial charge in [-0.2, -0.15) is 13.2 Å². The first-order valence-electron chi connectivity index (χ1n) is 10.4. The summed E-state index contributed by atoms with van der Waals surface area (Å²) in [5, 5.41) is 2.83. The topological polar surface area (TPSA) is 69.7 Å². The first-order chi connectivity index (χ1) is 14.4. The zero-order chi connectivity index (χ0) is 23.0. The maximum absolute atomic E-state index is 13.2. The van der Waals surface area contributed by atoms with Gasteiger partial charge in [-0.25, -0.2) is 0 Å².